The molecular weight excluding hydrogens is 440 g/mol. The Kier molecular flexibility index (Phi) is 8.80. The molecule has 0 aromatic heterocycles. The molecular formula is C27H33F2NO4. The van der Waals surface area contributed by atoms with Gasteiger partial charge in [-0.2, -0.15) is 4.39 Å². The summed E-state index contributed by atoms with van der Waals surface area (Å²) >= 11 is 0. The summed E-state index contributed by atoms with van der Waals surface area (Å²) in [7, 11) is 0. The zero-order valence-corrected chi connectivity index (χ0v) is 19.7. The van der Waals surface area contributed by atoms with E-state index in [4.69, 9.17) is 9.84 Å². The molecule has 34 heavy (non-hydrogen) atoms. The van der Waals surface area contributed by atoms with Crippen LogP contribution in [0.4, 0.5) is 8.78 Å². The molecule has 0 saturated carbocycles. The summed E-state index contributed by atoms with van der Waals surface area (Å²) in [6.45, 7) is 4.25. The maximum atomic E-state index is 14.1. The minimum Gasteiger partial charge on any atom is -0.488 e. The summed E-state index contributed by atoms with van der Waals surface area (Å²) in [5, 5.41) is 22.4. The van der Waals surface area contributed by atoms with Gasteiger partial charge in [0.1, 0.15) is 12.7 Å². The fourth-order valence-electron chi connectivity index (χ4n) is 4.44. The standard InChI is InChI=1S/C27H33F2NO4/c1-27(2,15-19-11-20-8-4-5-9-21(20)12-19)30-16-22(31)17-34-24-14-18(13-23(28)26(24)29)7-3-6-10-25(32)33/h3-5,7-9,13-14,19,22,30-31H,6,10-12,15-17H2,1-2H3,(H,32,33)/t22-/m1/s1. The van der Waals surface area contributed by atoms with Crippen LogP contribution in [-0.4, -0.2) is 41.0 Å². The van der Waals surface area contributed by atoms with Crippen LogP contribution < -0.4 is 10.1 Å². The third-order valence-electron chi connectivity index (χ3n) is 6.03. The second kappa shape index (κ2) is 11.6. The summed E-state index contributed by atoms with van der Waals surface area (Å²) in [6.07, 6.45) is 5.47. The molecule has 3 N–H and O–H groups in total. The summed E-state index contributed by atoms with van der Waals surface area (Å²) in [6, 6.07) is 10.8. The van der Waals surface area contributed by atoms with Gasteiger partial charge in [-0.1, -0.05) is 36.4 Å². The van der Waals surface area contributed by atoms with Gasteiger partial charge in [0, 0.05) is 18.5 Å². The van der Waals surface area contributed by atoms with Crippen molar-refractivity contribution in [1.82, 2.24) is 5.32 Å². The number of β-amino-alcohol motifs (C(OH)–C–C–N with tert-alkyl or cyclic N) is 1. The van der Waals surface area contributed by atoms with E-state index in [2.05, 4.69) is 43.4 Å². The molecule has 0 bridgehead atoms. The Morgan fingerprint density at radius 1 is 1.24 bits per heavy atom. The lowest BCUT2D eigenvalue weighted by Gasteiger charge is -2.30. The Balaban J connectivity index is 1.47. The zero-order valence-electron chi connectivity index (χ0n) is 19.7. The van der Waals surface area contributed by atoms with Crippen molar-refractivity contribution in [2.75, 3.05) is 13.2 Å². The number of halogens is 2. The van der Waals surface area contributed by atoms with Crippen molar-refractivity contribution in [1.29, 1.82) is 0 Å². The van der Waals surface area contributed by atoms with Crippen LogP contribution in [0, 0.1) is 17.6 Å². The average Bonchev–Trinajstić information content (AvgIpc) is 3.18. The van der Waals surface area contributed by atoms with Crippen molar-refractivity contribution < 1.29 is 28.5 Å². The van der Waals surface area contributed by atoms with Gasteiger partial charge in [0.05, 0.1) is 0 Å². The van der Waals surface area contributed by atoms with E-state index in [1.165, 1.54) is 23.3 Å². The number of fused-ring (bicyclic) bond motifs is 1. The number of aliphatic carboxylic acids is 1. The van der Waals surface area contributed by atoms with E-state index in [0.29, 0.717) is 11.5 Å². The summed E-state index contributed by atoms with van der Waals surface area (Å²) < 4.78 is 33.5. The number of hydrogen-bond acceptors (Lipinski definition) is 4. The molecule has 3 rings (SSSR count). The zero-order chi connectivity index (χ0) is 24.7. The second-order valence-corrected chi connectivity index (χ2v) is 9.63. The molecule has 0 amide bonds. The van der Waals surface area contributed by atoms with E-state index in [9.17, 15) is 18.7 Å². The van der Waals surface area contributed by atoms with E-state index >= 15 is 0 Å². The molecule has 0 aliphatic heterocycles. The van der Waals surface area contributed by atoms with E-state index in [-0.39, 0.29) is 37.3 Å². The topological polar surface area (TPSA) is 78.8 Å². The van der Waals surface area contributed by atoms with E-state index in [1.54, 1.807) is 6.08 Å². The molecule has 5 nitrogen and oxygen atoms in total. The molecule has 2 aromatic carbocycles. The van der Waals surface area contributed by atoms with Crippen LogP contribution in [-0.2, 0) is 17.6 Å². The number of allylic oxidation sites excluding steroid dienone is 1. The maximum absolute atomic E-state index is 14.1. The Morgan fingerprint density at radius 2 is 1.91 bits per heavy atom. The molecule has 0 saturated heterocycles. The van der Waals surface area contributed by atoms with Gasteiger partial charge in [0.25, 0.3) is 0 Å². The van der Waals surface area contributed by atoms with Gasteiger partial charge in [-0.3, -0.25) is 4.79 Å². The highest BCUT2D eigenvalue weighted by Crippen LogP contribution is 2.32. The number of ether oxygens (including phenoxy) is 1. The fourth-order valence-corrected chi connectivity index (χ4v) is 4.44. The minimum atomic E-state index is -1.12. The van der Waals surface area contributed by atoms with E-state index < -0.39 is 23.7 Å². The van der Waals surface area contributed by atoms with Gasteiger partial charge < -0.3 is 20.3 Å². The van der Waals surface area contributed by atoms with Gasteiger partial charge in [-0.05, 0) is 74.3 Å². The number of benzene rings is 2. The average molecular weight is 474 g/mol. The molecule has 0 fully saturated rings. The minimum absolute atomic E-state index is 0.0489. The number of aliphatic hydroxyl groups excluding tert-OH is 1. The second-order valence-electron chi connectivity index (χ2n) is 9.63. The molecule has 0 unspecified atom stereocenters. The smallest absolute Gasteiger partial charge is 0.303 e. The largest absolute Gasteiger partial charge is 0.488 e. The number of carboxylic acids is 1. The Labute approximate surface area is 199 Å². The summed E-state index contributed by atoms with van der Waals surface area (Å²) in [5.74, 6) is -2.87. The van der Waals surface area contributed by atoms with Crippen molar-refractivity contribution in [3.8, 4) is 5.75 Å². The van der Waals surface area contributed by atoms with Crippen molar-refractivity contribution in [3.05, 3.63) is 70.8 Å². The van der Waals surface area contributed by atoms with Crippen LogP contribution >= 0.6 is 0 Å². The predicted octanol–water partition coefficient (Wildman–Crippen LogP) is 4.76. The first-order chi connectivity index (χ1) is 16.1. The monoisotopic (exact) mass is 473 g/mol. The normalized spacial score (nSPS) is 15.0. The Bertz CT molecular complexity index is 997. The first-order valence-electron chi connectivity index (χ1n) is 11.6. The van der Waals surface area contributed by atoms with Gasteiger partial charge in [0.15, 0.2) is 11.6 Å². The van der Waals surface area contributed by atoms with Crippen LogP contribution in [0.25, 0.3) is 6.08 Å². The SMILES string of the molecule is CC(C)(CC1Cc2ccccc2C1)NC[C@@H](O)COc1cc(C=CCCC(=O)O)cc(F)c1F. The van der Waals surface area contributed by atoms with Crippen LogP contribution in [0.1, 0.15) is 49.8 Å². The third kappa shape index (κ3) is 7.64. The highest BCUT2D eigenvalue weighted by molar-refractivity contribution is 5.67. The lowest BCUT2D eigenvalue weighted by molar-refractivity contribution is -0.136. The van der Waals surface area contributed by atoms with E-state index in [1.807, 2.05) is 0 Å². The number of aliphatic hydroxyl groups is 1. The van der Waals surface area contributed by atoms with E-state index in [0.717, 1.165) is 25.3 Å². The first-order valence-corrected chi connectivity index (χ1v) is 11.6. The van der Waals surface area contributed by atoms with Crippen LogP contribution in [0.3, 0.4) is 0 Å². The van der Waals surface area contributed by atoms with Crippen molar-refractivity contribution >= 4 is 12.0 Å². The molecule has 0 spiro atoms. The highest BCUT2D eigenvalue weighted by atomic mass is 19.2. The summed E-state index contributed by atoms with van der Waals surface area (Å²) in [4.78, 5) is 10.6. The maximum Gasteiger partial charge on any atom is 0.303 e. The third-order valence-corrected chi connectivity index (χ3v) is 6.03. The number of nitrogens with one attached hydrogen (secondary N) is 1. The van der Waals surface area contributed by atoms with Crippen molar-refractivity contribution in [3.63, 3.8) is 0 Å². The van der Waals surface area contributed by atoms with Gasteiger partial charge in [0.2, 0.25) is 5.82 Å². The molecule has 184 valence electrons. The molecule has 1 atom stereocenters. The fraction of sp³-hybridized carbons (Fsp3) is 0.444. The molecule has 7 heteroatoms. The number of carbonyl (C=O) groups is 1. The predicted molar refractivity (Wildman–Crippen MR) is 128 cm³/mol. The Morgan fingerprint density at radius 3 is 2.56 bits per heavy atom. The number of carboxylic acid groups (broad SMARTS) is 1. The van der Waals surface area contributed by atoms with Crippen LogP contribution in [0.2, 0.25) is 0 Å². The lowest BCUT2D eigenvalue weighted by Crippen LogP contribution is -2.46. The molecule has 0 radical (unpaired) electrons. The molecule has 1 aliphatic carbocycles. The first kappa shape index (κ1) is 25.8. The Hall–Kier alpha value is -2.77. The summed E-state index contributed by atoms with van der Waals surface area (Å²) in [5.41, 5.74) is 2.96. The van der Waals surface area contributed by atoms with Crippen LogP contribution in [0.15, 0.2) is 42.5 Å². The lowest BCUT2D eigenvalue weighted by atomic mass is 9.88. The number of rotatable bonds is 12. The van der Waals surface area contributed by atoms with Crippen LogP contribution in [0.5, 0.6) is 5.75 Å². The molecule has 1 aliphatic rings. The highest BCUT2D eigenvalue weighted by Gasteiger charge is 2.28. The van der Waals surface area contributed by atoms with Gasteiger partial charge in [-0.15, -0.1) is 0 Å². The van der Waals surface area contributed by atoms with Gasteiger partial charge >= 0.3 is 5.97 Å². The number of hydrogen-bond donors (Lipinski definition) is 3. The quantitative estimate of drug-likeness (QED) is 0.414. The van der Waals surface area contributed by atoms with Crippen molar-refractivity contribution in [2.45, 2.75) is 57.6 Å². The van der Waals surface area contributed by atoms with Crippen molar-refractivity contribution in [2.24, 2.45) is 5.92 Å². The molecule has 2 aromatic rings. The van der Waals surface area contributed by atoms with Gasteiger partial charge in [-0.25, -0.2) is 4.39 Å². The molecule has 0 heterocycles.